The Bertz CT molecular complexity index is 620. The van der Waals surface area contributed by atoms with Gasteiger partial charge in [-0.2, -0.15) is 0 Å². The van der Waals surface area contributed by atoms with Crippen LogP contribution in [0.5, 0.6) is 0 Å². The van der Waals surface area contributed by atoms with E-state index in [9.17, 15) is 9.67 Å². The van der Waals surface area contributed by atoms with Gasteiger partial charge in [0.15, 0.2) is 12.1 Å². The Balaban J connectivity index is 1.74. The maximum Gasteiger partial charge on any atom is 0.354 e. The average Bonchev–Trinajstić information content (AvgIpc) is 2.67. The molecule has 162 valence electrons. The minimum Gasteiger partial charge on any atom is -0.384 e. The molecule has 1 heterocycles. The lowest BCUT2D eigenvalue weighted by Gasteiger charge is -2.62. The third-order valence-electron chi connectivity index (χ3n) is 7.17. The Morgan fingerprint density at radius 3 is 2.54 bits per heavy atom. The van der Waals surface area contributed by atoms with Crippen molar-refractivity contribution in [3.05, 3.63) is 0 Å². The first-order valence-corrected chi connectivity index (χ1v) is 12.0. The van der Waals surface area contributed by atoms with Crippen molar-refractivity contribution in [2.75, 3.05) is 27.4 Å². The molecule has 0 amide bonds. The van der Waals surface area contributed by atoms with Crippen molar-refractivity contribution in [3.8, 4) is 0 Å². The highest BCUT2D eigenvalue weighted by Crippen LogP contribution is 2.62. The molecule has 1 aliphatic heterocycles. The maximum atomic E-state index is 13.1. The quantitative estimate of drug-likeness (QED) is 0.601. The third kappa shape index (κ3) is 4.12. The normalized spacial score (nSPS) is 37.5. The van der Waals surface area contributed by atoms with E-state index in [1.165, 1.54) is 14.2 Å². The molecule has 3 aliphatic carbocycles. The van der Waals surface area contributed by atoms with Crippen LogP contribution in [0.25, 0.3) is 0 Å². The second-order valence-electron chi connectivity index (χ2n) is 9.08. The lowest BCUT2D eigenvalue weighted by atomic mass is 9.44. The van der Waals surface area contributed by atoms with Gasteiger partial charge < -0.3 is 23.6 Å². The summed E-state index contributed by atoms with van der Waals surface area (Å²) >= 11 is 0. The van der Waals surface area contributed by atoms with Crippen molar-refractivity contribution in [2.45, 2.75) is 77.0 Å². The molecule has 1 N–H and O–H groups in total. The van der Waals surface area contributed by atoms with Crippen molar-refractivity contribution in [2.24, 2.45) is 22.2 Å². The van der Waals surface area contributed by atoms with E-state index >= 15 is 0 Å². The van der Waals surface area contributed by atoms with Crippen molar-refractivity contribution in [1.82, 2.24) is 0 Å². The van der Waals surface area contributed by atoms with E-state index in [0.717, 1.165) is 25.7 Å². The molecule has 7 nitrogen and oxygen atoms in total. The summed E-state index contributed by atoms with van der Waals surface area (Å²) in [6.45, 7) is 7.32. The monoisotopic (exact) mass is 417 g/mol. The van der Waals surface area contributed by atoms with E-state index in [0.29, 0.717) is 37.7 Å². The highest BCUT2D eigenvalue weighted by atomic mass is 31.2. The molecule has 0 spiro atoms. The predicted molar refractivity (Wildman–Crippen MR) is 108 cm³/mol. The Morgan fingerprint density at radius 1 is 1.29 bits per heavy atom. The molecular formula is C20H36NO6P. The predicted octanol–water partition coefficient (Wildman–Crippen LogP) is 3.99. The van der Waals surface area contributed by atoms with Crippen LogP contribution in [0.1, 0.15) is 59.3 Å². The molecule has 1 unspecified atom stereocenters. The molecule has 8 heteroatoms. The molecule has 4 rings (SSSR count). The van der Waals surface area contributed by atoms with Gasteiger partial charge in [-0.1, -0.05) is 13.8 Å². The van der Waals surface area contributed by atoms with Crippen LogP contribution >= 0.6 is 7.60 Å². The van der Waals surface area contributed by atoms with Gasteiger partial charge in [-0.25, -0.2) is 0 Å². The number of ether oxygens (including phenoxy) is 2. The Kier molecular flexibility index (Phi) is 6.75. The fourth-order valence-corrected chi connectivity index (χ4v) is 6.42. The summed E-state index contributed by atoms with van der Waals surface area (Å²) in [6, 6.07) is 0. The number of hydrogen-bond acceptors (Lipinski definition) is 7. The van der Waals surface area contributed by atoms with Crippen LogP contribution in [0.4, 0.5) is 0 Å². The van der Waals surface area contributed by atoms with Gasteiger partial charge in [-0.15, -0.1) is 0 Å². The smallest absolute Gasteiger partial charge is 0.354 e. The van der Waals surface area contributed by atoms with E-state index < -0.39 is 19.0 Å². The molecule has 3 saturated carbocycles. The molecule has 4 fully saturated rings. The van der Waals surface area contributed by atoms with Gasteiger partial charge >= 0.3 is 7.60 Å². The molecule has 0 aromatic carbocycles. The summed E-state index contributed by atoms with van der Waals surface area (Å²) in [6.07, 6.45) is 4.93. The minimum absolute atomic E-state index is 0.103. The number of nitrogens with zero attached hydrogens (tertiary/aromatic N) is 1. The largest absolute Gasteiger partial charge is 0.384 e. The highest BCUT2D eigenvalue weighted by molar-refractivity contribution is 7.54. The van der Waals surface area contributed by atoms with Gasteiger partial charge in [0.2, 0.25) is 0 Å². The molecule has 0 aromatic heterocycles. The summed E-state index contributed by atoms with van der Waals surface area (Å²) in [7, 11) is -0.686. The van der Waals surface area contributed by atoms with Gasteiger partial charge in [0.1, 0.15) is 5.60 Å². The SMILES string of the molecule is COP(=O)(OC)[C@@H](CCOC1CCCCO1)/N=C1\C[C@@H]2C[C@@H](C2(C)C)[C@]1(C)O. The fourth-order valence-electron chi connectivity index (χ4n) is 5.08. The van der Waals surface area contributed by atoms with Crippen molar-refractivity contribution in [1.29, 1.82) is 0 Å². The van der Waals surface area contributed by atoms with Crippen LogP contribution in [-0.2, 0) is 23.1 Å². The zero-order chi connectivity index (χ0) is 20.6. The van der Waals surface area contributed by atoms with Gasteiger partial charge in [-0.05, 0) is 56.3 Å². The van der Waals surface area contributed by atoms with E-state index in [2.05, 4.69) is 13.8 Å². The van der Waals surface area contributed by atoms with Crippen LogP contribution in [0.2, 0.25) is 0 Å². The van der Waals surface area contributed by atoms with E-state index in [-0.39, 0.29) is 17.6 Å². The number of hydrogen-bond donors (Lipinski definition) is 1. The minimum atomic E-state index is -3.44. The first kappa shape index (κ1) is 22.4. The summed E-state index contributed by atoms with van der Waals surface area (Å²) in [5.74, 6) is -0.0452. The van der Waals surface area contributed by atoms with Gasteiger partial charge in [0, 0.05) is 33.0 Å². The maximum absolute atomic E-state index is 13.1. The summed E-state index contributed by atoms with van der Waals surface area (Å²) in [4.78, 5) is 4.76. The van der Waals surface area contributed by atoms with E-state index in [1.54, 1.807) is 0 Å². The van der Waals surface area contributed by atoms with E-state index in [1.807, 2.05) is 6.92 Å². The van der Waals surface area contributed by atoms with Crippen LogP contribution in [0.3, 0.4) is 0 Å². The molecule has 1 saturated heterocycles. The summed E-state index contributed by atoms with van der Waals surface area (Å²) in [5, 5.41) is 11.2. The zero-order valence-electron chi connectivity index (χ0n) is 17.8. The molecular weight excluding hydrogens is 381 g/mol. The van der Waals surface area contributed by atoms with Crippen LogP contribution < -0.4 is 0 Å². The fraction of sp³-hybridized carbons (Fsp3) is 0.950. The number of rotatable bonds is 8. The Morgan fingerprint density at radius 2 is 2.00 bits per heavy atom. The summed E-state index contributed by atoms with van der Waals surface area (Å²) < 4.78 is 35.0. The van der Waals surface area contributed by atoms with Crippen LogP contribution in [-0.4, -0.2) is 55.9 Å². The standard InChI is InChI=1S/C20H36NO6P/c1-19(2)14-12-15(19)20(3,22)16(13-14)21-17(28(23,24-4)25-5)9-11-27-18-8-6-7-10-26-18/h14-15,17-18,22H,6-13H2,1-5H3/b21-16+/t14-,15-,17-,18?,20-/m0/s1. The van der Waals surface area contributed by atoms with Gasteiger partial charge in [-0.3, -0.25) is 9.56 Å². The lowest BCUT2D eigenvalue weighted by Crippen LogP contribution is -2.65. The lowest BCUT2D eigenvalue weighted by molar-refractivity contribution is -0.162. The molecule has 2 bridgehead atoms. The topological polar surface area (TPSA) is 86.6 Å². The highest BCUT2D eigenvalue weighted by Gasteiger charge is 2.61. The zero-order valence-corrected chi connectivity index (χ0v) is 18.7. The third-order valence-corrected chi connectivity index (χ3v) is 9.29. The Hall–Kier alpha value is -0.300. The molecule has 4 aliphatic rings. The molecule has 0 aromatic rings. The molecule has 0 radical (unpaired) electrons. The van der Waals surface area contributed by atoms with Crippen LogP contribution in [0.15, 0.2) is 4.99 Å². The second kappa shape index (κ2) is 8.44. The second-order valence-corrected chi connectivity index (χ2v) is 11.5. The van der Waals surface area contributed by atoms with Crippen LogP contribution in [0, 0.1) is 17.3 Å². The van der Waals surface area contributed by atoms with Crippen molar-refractivity contribution < 1.29 is 28.2 Å². The summed E-state index contributed by atoms with van der Waals surface area (Å²) in [5.41, 5.74) is -0.191. The number of fused-ring (bicyclic) bond motifs is 2. The Labute approximate surface area is 168 Å². The van der Waals surface area contributed by atoms with Crippen molar-refractivity contribution in [3.63, 3.8) is 0 Å². The number of aliphatic hydroxyl groups is 1. The first-order chi connectivity index (χ1) is 13.1. The first-order valence-electron chi connectivity index (χ1n) is 10.4. The molecule has 28 heavy (non-hydrogen) atoms. The number of aliphatic imine (C=N–C) groups is 1. The van der Waals surface area contributed by atoms with Gasteiger partial charge in [0.25, 0.3) is 0 Å². The average molecular weight is 417 g/mol. The van der Waals surface area contributed by atoms with Crippen molar-refractivity contribution >= 4 is 13.3 Å². The van der Waals surface area contributed by atoms with Gasteiger partial charge in [0.05, 0.1) is 6.61 Å². The van der Waals surface area contributed by atoms with E-state index in [4.69, 9.17) is 23.5 Å². The molecule has 5 atom stereocenters.